The van der Waals surface area contributed by atoms with Gasteiger partial charge in [-0.05, 0) is 40.8 Å². The van der Waals surface area contributed by atoms with Gasteiger partial charge in [0.15, 0.2) is 0 Å². The van der Waals surface area contributed by atoms with Crippen LogP contribution in [0.3, 0.4) is 0 Å². The van der Waals surface area contributed by atoms with Crippen LogP contribution in [0, 0.1) is 3.57 Å². The molecule has 0 aliphatic carbocycles. The number of ether oxygens (including phenoxy) is 1. The number of benzene rings is 1. The lowest BCUT2D eigenvalue weighted by molar-refractivity contribution is -0.117. The van der Waals surface area contributed by atoms with Gasteiger partial charge in [0.1, 0.15) is 12.3 Å². The summed E-state index contributed by atoms with van der Waals surface area (Å²) in [6.07, 6.45) is 0. The summed E-state index contributed by atoms with van der Waals surface area (Å²) in [6, 6.07) is 4.91. The Morgan fingerprint density at radius 1 is 1.47 bits per heavy atom. The summed E-state index contributed by atoms with van der Waals surface area (Å²) < 4.78 is 32.0. The Kier molecular flexibility index (Phi) is 3.17. The van der Waals surface area contributed by atoms with Gasteiger partial charge in [-0.15, -0.1) is 0 Å². The van der Waals surface area contributed by atoms with Crippen molar-refractivity contribution in [2.24, 2.45) is 0 Å². The van der Waals surface area contributed by atoms with Crippen LogP contribution in [0.15, 0.2) is 18.2 Å². The Morgan fingerprint density at radius 3 is 2.65 bits per heavy atom. The Bertz CT molecular complexity index is 572. The molecule has 1 saturated heterocycles. The highest BCUT2D eigenvalue weighted by molar-refractivity contribution is 14.1. The van der Waals surface area contributed by atoms with Gasteiger partial charge < -0.3 is 4.74 Å². The predicted molar refractivity (Wildman–Crippen MR) is 70.1 cm³/mol. The largest absolute Gasteiger partial charge is 0.496 e. The molecule has 17 heavy (non-hydrogen) atoms. The Labute approximate surface area is 112 Å². The molecule has 0 atom stereocenters. The summed E-state index contributed by atoms with van der Waals surface area (Å²) in [5.74, 6) is 0.126. The summed E-state index contributed by atoms with van der Waals surface area (Å²) in [5, 5.41) is 0. The van der Waals surface area contributed by atoms with Crippen LogP contribution >= 0.6 is 22.6 Å². The third-order valence-corrected chi connectivity index (χ3v) is 4.49. The zero-order valence-corrected chi connectivity index (χ0v) is 11.8. The molecule has 8 heteroatoms. The van der Waals surface area contributed by atoms with Crippen LogP contribution in [0.2, 0.25) is 0 Å². The molecule has 1 N–H and O–H groups in total. The van der Waals surface area contributed by atoms with Gasteiger partial charge in [-0.25, -0.2) is 9.03 Å². The highest BCUT2D eigenvalue weighted by Gasteiger charge is 2.34. The number of hydrogen-bond acceptors (Lipinski definition) is 4. The Hall–Kier alpha value is -1.03. The number of carbonyl (C=O) groups excluding carboxylic acids is 1. The molecule has 6 nitrogen and oxygen atoms in total. The van der Waals surface area contributed by atoms with E-state index in [0.29, 0.717) is 11.4 Å². The van der Waals surface area contributed by atoms with E-state index in [1.165, 1.54) is 7.11 Å². The monoisotopic (exact) mass is 368 g/mol. The minimum atomic E-state index is -3.74. The van der Waals surface area contributed by atoms with Crippen LogP contribution < -0.4 is 13.8 Å². The lowest BCUT2D eigenvalue weighted by Crippen LogP contribution is -2.29. The van der Waals surface area contributed by atoms with Gasteiger partial charge in [0.05, 0.1) is 16.4 Å². The third kappa shape index (κ3) is 2.32. The van der Waals surface area contributed by atoms with Crippen molar-refractivity contribution in [3.63, 3.8) is 0 Å². The zero-order chi connectivity index (χ0) is 12.6. The highest BCUT2D eigenvalue weighted by Crippen LogP contribution is 2.28. The van der Waals surface area contributed by atoms with Crippen LogP contribution in [-0.4, -0.2) is 28.0 Å². The second kappa shape index (κ2) is 4.33. The zero-order valence-electron chi connectivity index (χ0n) is 8.81. The molecule has 92 valence electrons. The maximum Gasteiger partial charge on any atom is 0.326 e. The van der Waals surface area contributed by atoms with Crippen molar-refractivity contribution in [2.75, 3.05) is 18.0 Å². The first-order chi connectivity index (χ1) is 7.94. The molecule has 2 rings (SSSR count). The van der Waals surface area contributed by atoms with Crippen molar-refractivity contribution in [1.82, 2.24) is 4.72 Å². The van der Waals surface area contributed by atoms with Crippen LogP contribution in [0.1, 0.15) is 0 Å². The van der Waals surface area contributed by atoms with E-state index in [2.05, 4.69) is 0 Å². The van der Waals surface area contributed by atoms with Crippen LogP contribution in [0.25, 0.3) is 0 Å². The molecule has 0 saturated carbocycles. The first-order valence-electron chi connectivity index (χ1n) is 4.61. The van der Waals surface area contributed by atoms with E-state index in [1.54, 1.807) is 18.2 Å². The van der Waals surface area contributed by atoms with Gasteiger partial charge in [0, 0.05) is 0 Å². The lowest BCUT2D eigenvalue weighted by Gasteiger charge is -2.15. The molecule has 0 spiro atoms. The SMILES string of the molecule is COc1ccc(N2CC(=O)NS2(=O)=O)cc1I. The summed E-state index contributed by atoms with van der Waals surface area (Å²) in [4.78, 5) is 11.1. The fourth-order valence-corrected chi connectivity index (χ4v) is 3.35. The van der Waals surface area contributed by atoms with Crippen molar-refractivity contribution < 1.29 is 17.9 Å². The molecule has 1 heterocycles. The van der Waals surface area contributed by atoms with Gasteiger partial charge >= 0.3 is 10.2 Å². The average Bonchev–Trinajstić information content (AvgIpc) is 2.51. The molecule has 1 aromatic rings. The number of amides is 1. The van der Waals surface area contributed by atoms with E-state index in [9.17, 15) is 13.2 Å². The van der Waals surface area contributed by atoms with E-state index in [0.717, 1.165) is 7.88 Å². The minimum Gasteiger partial charge on any atom is -0.496 e. The number of methoxy groups -OCH3 is 1. The van der Waals surface area contributed by atoms with Crippen molar-refractivity contribution in [1.29, 1.82) is 0 Å². The minimum absolute atomic E-state index is 0.190. The maximum atomic E-state index is 11.6. The molecule has 1 aliphatic rings. The molecule has 0 bridgehead atoms. The van der Waals surface area contributed by atoms with E-state index < -0.39 is 16.1 Å². The van der Waals surface area contributed by atoms with Gasteiger partial charge in [0.2, 0.25) is 0 Å². The number of halogens is 1. The first kappa shape index (κ1) is 12.4. The van der Waals surface area contributed by atoms with Gasteiger partial charge in [0.25, 0.3) is 5.91 Å². The third-order valence-electron chi connectivity index (χ3n) is 2.24. The summed E-state index contributed by atoms with van der Waals surface area (Å²) >= 11 is 2.04. The van der Waals surface area contributed by atoms with Crippen LogP contribution in [0.4, 0.5) is 5.69 Å². The summed E-state index contributed by atoms with van der Waals surface area (Å²) in [7, 11) is -2.20. The second-order valence-electron chi connectivity index (χ2n) is 3.36. The van der Waals surface area contributed by atoms with Crippen molar-refractivity contribution in [3.8, 4) is 5.75 Å². The Balaban J connectivity index is 2.42. The van der Waals surface area contributed by atoms with Crippen LogP contribution in [-0.2, 0) is 15.0 Å². The number of rotatable bonds is 2. The normalized spacial score (nSPS) is 18.0. The van der Waals surface area contributed by atoms with Crippen molar-refractivity contribution in [2.45, 2.75) is 0 Å². The van der Waals surface area contributed by atoms with Gasteiger partial charge in [-0.3, -0.25) is 4.79 Å². The van der Waals surface area contributed by atoms with Gasteiger partial charge in [-0.2, -0.15) is 8.42 Å². The molecular formula is C9H9IN2O4S. The fraction of sp³-hybridized carbons (Fsp3) is 0.222. The quantitative estimate of drug-likeness (QED) is 0.771. The first-order valence-corrected chi connectivity index (χ1v) is 7.13. The summed E-state index contributed by atoms with van der Waals surface area (Å²) in [6.45, 7) is -0.190. The molecule has 1 aromatic carbocycles. The molecule has 0 aromatic heterocycles. The molecule has 1 amide bonds. The van der Waals surface area contributed by atoms with E-state index in [1.807, 2.05) is 27.3 Å². The lowest BCUT2D eigenvalue weighted by atomic mass is 10.3. The Morgan fingerprint density at radius 2 is 2.18 bits per heavy atom. The smallest absolute Gasteiger partial charge is 0.326 e. The van der Waals surface area contributed by atoms with E-state index >= 15 is 0 Å². The molecular weight excluding hydrogens is 359 g/mol. The van der Waals surface area contributed by atoms with Crippen LogP contribution in [0.5, 0.6) is 5.75 Å². The standard InChI is InChI=1S/C9H9IN2O4S/c1-16-8-3-2-6(4-7(8)10)12-5-9(13)11-17(12,14)15/h2-4H,5H2,1H3,(H,11,13). The van der Waals surface area contributed by atoms with Gasteiger partial charge in [-0.1, -0.05) is 0 Å². The summed E-state index contributed by atoms with van der Waals surface area (Å²) in [5.41, 5.74) is 0.438. The second-order valence-corrected chi connectivity index (χ2v) is 6.11. The topological polar surface area (TPSA) is 75.7 Å². The molecule has 1 aliphatic heterocycles. The molecule has 1 fully saturated rings. The number of carbonyl (C=O) groups is 1. The highest BCUT2D eigenvalue weighted by atomic mass is 127. The fourth-order valence-electron chi connectivity index (χ4n) is 1.49. The van der Waals surface area contributed by atoms with E-state index in [4.69, 9.17) is 4.74 Å². The number of anilines is 1. The van der Waals surface area contributed by atoms with E-state index in [-0.39, 0.29) is 6.54 Å². The average molecular weight is 368 g/mol. The van der Waals surface area contributed by atoms with Crippen molar-refractivity contribution >= 4 is 44.4 Å². The van der Waals surface area contributed by atoms with Crippen molar-refractivity contribution in [3.05, 3.63) is 21.8 Å². The molecule has 0 unspecified atom stereocenters. The number of hydrogen-bond donors (Lipinski definition) is 1. The molecule has 0 radical (unpaired) electrons. The predicted octanol–water partition coefficient (Wildman–Crippen LogP) is 0.481. The number of nitrogens with zero attached hydrogens (tertiary/aromatic N) is 1. The number of nitrogens with one attached hydrogen (secondary N) is 1. The maximum absolute atomic E-state index is 11.6.